The first-order valence-electron chi connectivity index (χ1n) is 8.03. The van der Waals surface area contributed by atoms with E-state index in [1.54, 1.807) is 17.0 Å². The lowest BCUT2D eigenvalue weighted by molar-refractivity contribution is 0.0691. The molecule has 10 heteroatoms. The minimum atomic E-state index is -3.48. The van der Waals surface area contributed by atoms with Gasteiger partial charge in [-0.05, 0) is 0 Å². The van der Waals surface area contributed by atoms with Crippen molar-refractivity contribution < 1.29 is 27.4 Å². The molecule has 0 atom stereocenters. The van der Waals surface area contributed by atoms with Gasteiger partial charge in [0.15, 0.2) is 11.5 Å². The molecule has 1 saturated heterocycles. The third kappa shape index (κ3) is 3.87. The van der Waals surface area contributed by atoms with Gasteiger partial charge < -0.3 is 19.1 Å². The van der Waals surface area contributed by atoms with Crippen molar-refractivity contribution in [2.24, 2.45) is 0 Å². The largest absolute Gasteiger partial charge is 0.496 e. The van der Waals surface area contributed by atoms with Gasteiger partial charge in [-0.25, -0.2) is 0 Å². The lowest BCUT2D eigenvalue weighted by atomic mass is 10.1. The van der Waals surface area contributed by atoms with Crippen LogP contribution in [0.3, 0.4) is 0 Å². The highest BCUT2D eigenvalue weighted by atomic mass is 32.2. The summed E-state index contributed by atoms with van der Waals surface area (Å²) in [5.74, 6) is 1.01. The molecular formula is C16H25N3O6S. The Balaban J connectivity index is 2.21. The highest BCUT2D eigenvalue weighted by molar-refractivity contribution is 7.86. The topological polar surface area (TPSA) is 88.6 Å². The molecule has 0 radical (unpaired) electrons. The third-order valence-electron chi connectivity index (χ3n) is 4.25. The average molecular weight is 387 g/mol. The lowest BCUT2D eigenvalue weighted by Crippen LogP contribution is -2.53. The normalized spacial score (nSPS) is 15.8. The number of hydrogen-bond acceptors (Lipinski definition) is 6. The Labute approximate surface area is 154 Å². The van der Waals surface area contributed by atoms with Crippen LogP contribution in [-0.4, -0.2) is 89.4 Å². The second kappa shape index (κ2) is 8.11. The highest BCUT2D eigenvalue weighted by Gasteiger charge is 2.31. The molecule has 0 bridgehead atoms. The summed E-state index contributed by atoms with van der Waals surface area (Å²) >= 11 is 0. The second-order valence-electron chi connectivity index (χ2n) is 5.89. The average Bonchev–Trinajstić information content (AvgIpc) is 2.66. The summed E-state index contributed by atoms with van der Waals surface area (Å²) in [4.78, 5) is 14.5. The fourth-order valence-electron chi connectivity index (χ4n) is 2.72. The van der Waals surface area contributed by atoms with Gasteiger partial charge in [0.1, 0.15) is 5.75 Å². The van der Waals surface area contributed by atoms with Crippen LogP contribution in [0.5, 0.6) is 17.2 Å². The molecular weight excluding hydrogens is 362 g/mol. The minimum absolute atomic E-state index is 0.238. The van der Waals surface area contributed by atoms with E-state index in [1.807, 2.05) is 0 Å². The van der Waals surface area contributed by atoms with Crippen LogP contribution in [0.2, 0.25) is 0 Å². The summed E-state index contributed by atoms with van der Waals surface area (Å²) in [5.41, 5.74) is 0.342. The van der Waals surface area contributed by atoms with Crippen molar-refractivity contribution >= 4 is 16.1 Å². The van der Waals surface area contributed by atoms with Crippen LogP contribution >= 0.6 is 0 Å². The van der Waals surface area contributed by atoms with E-state index >= 15 is 0 Å². The Morgan fingerprint density at radius 2 is 1.42 bits per heavy atom. The Kier molecular flexibility index (Phi) is 6.32. The van der Waals surface area contributed by atoms with E-state index in [4.69, 9.17) is 14.2 Å². The quantitative estimate of drug-likeness (QED) is 0.697. The number of benzene rings is 1. The number of piperazine rings is 1. The maximum Gasteiger partial charge on any atom is 0.281 e. The Bertz CT molecular complexity index is 757. The molecule has 1 heterocycles. The van der Waals surface area contributed by atoms with Crippen LogP contribution in [0.25, 0.3) is 0 Å². The van der Waals surface area contributed by atoms with Gasteiger partial charge in [0, 0.05) is 52.4 Å². The molecule has 1 aliphatic heterocycles. The zero-order valence-corrected chi connectivity index (χ0v) is 16.5. The molecule has 0 aliphatic carbocycles. The molecule has 146 valence electrons. The number of amides is 1. The highest BCUT2D eigenvalue weighted by Crippen LogP contribution is 2.35. The van der Waals surface area contributed by atoms with Crippen LogP contribution in [-0.2, 0) is 10.2 Å². The number of carbonyl (C=O) groups excluding carboxylic acids is 1. The van der Waals surface area contributed by atoms with Crippen molar-refractivity contribution in [3.63, 3.8) is 0 Å². The number of hydrogen-bond donors (Lipinski definition) is 0. The minimum Gasteiger partial charge on any atom is -0.496 e. The Morgan fingerprint density at radius 1 is 0.923 bits per heavy atom. The molecule has 26 heavy (non-hydrogen) atoms. The van der Waals surface area contributed by atoms with Crippen molar-refractivity contribution in [1.82, 2.24) is 13.5 Å². The van der Waals surface area contributed by atoms with Crippen LogP contribution in [0, 0.1) is 0 Å². The number of nitrogens with zero attached hydrogens (tertiary/aromatic N) is 3. The van der Waals surface area contributed by atoms with Gasteiger partial charge in [-0.2, -0.15) is 17.0 Å². The molecule has 2 rings (SSSR count). The monoisotopic (exact) mass is 387 g/mol. The lowest BCUT2D eigenvalue weighted by Gasteiger charge is -2.35. The first-order chi connectivity index (χ1) is 12.3. The predicted octanol–water partition coefficient (Wildman–Crippen LogP) is 0.277. The molecule has 0 unspecified atom stereocenters. The van der Waals surface area contributed by atoms with Crippen LogP contribution in [0.15, 0.2) is 12.1 Å². The van der Waals surface area contributed by atoms with Crippen molar-refractivity contribution in [3.8, 4) is 17.2 Å². The number of ether oxygens (including phenoxy) is 3. The molecule has 9 nitrogen and oxygen atoms in total. The van der Waals surface area contributed by atoms with Gasteiger partial charge in [0.25, 0.3) is 16.1 Å². The molecule has 1 amide bonds. The van der Waals surface area contributed by atoms with Gasteiger partial charge in [-0.15, -0.1) is 0 Å². The molecule has 0 N–H and O–H groups in total. The van der Waals surface area contributed by atoms with E-state index < -0.39 is 10.2 Å². The Hall–Kier alpha value is -2.04. The Morgan fingerprint density at radius 3 is 1.88 bits per heavy atom. The summed E-state index contributed by atoms with van der Waals surface area (Å²) in [6.07, 6.45) is 0. The number of methoxy groups -OCH3 is 3. The zero-order valence-electron chi connectivity index (χ0n) is 15.7. The van der Waals surface area contributed by atoms with Crippen LogP contribution < -0.4 is 14.2 Å². The van der Waals surface area contributed by atoms with Crippen molar-refractivity contribution in [1.29, 1.82) is 0 Å². The summed E-state index contributed by atoms with van der Waals surface area (Å²) < 4.78 is 42.7. The molecule has 1 aromatic rings. The maximum absolute atomic E-state index is 12.9. The van der Waals surface area contributed by atoms with Crippen molar-refractivity contribution in [3.05, 3.63) is 17.7 Å². The number of carbonyl (C=O) groups is 1. The fraction of sp³-hybridized carbons (Fsp3) is 0.562. The fourth-order valence-corrected chi connectivity index (χ4v) is 3.81. The van der Waals surface area contributed by atoms with E-state index in [0.29, 0.717) is 35.9 Å². The van der Waals surface area contributed by atoms with E-state index in [0.717, 1.165) is 0 Å². The standard InChI is InChI=1S/C16H25N3O6S/c1-17(2)26(21,22)19-8-6-18(7-9-19)16(20)12-10-14(24-4)15(25-5)11-13(12)23-3/h10-11H,6-9H2,1-5H3. The smallest absolute Gasteiger partial charge is 0.281 e. The van der Waals surface area contributed by atoms with E-state index in [-0.39, 0.29) is 19.0 Å². The predicted molar refractivity (Wildman–Crippen MR) is 96.2 cm³/mol. The molecule has 0 saturated carbocycles. The van der Waals surface area contributed by atoms with Gasteiger partial charge in [-0.1, -0.05) is 0 Å². The summed E-state index contributed by atoms with van der Waals surface area (Å²) in [5, 5.41) is 0. The summed E-state index contributed by atoms with van der Waals surface area (Å²) in [7, 11) is 3.96. The maximum atomic E-state index is 12.9. The van der Waals surface area contributed by atoms with Gasteiger partial charge in [-0.3, -0.25) is 4.79 Å². The van der Waals surface area contributed by atoms with E-state index in [2.05, 4.69) is 0 Å². The first kappa shape index (κ1) is 20.3. The van der Waals surface area contributed by atoms with E-state index in [9.17, 15) is 13.2 Å². The SMILES string of the molecule is COc1cc(OC)c(C(=O)N2CCN(S(=O)(=O)N(C)C)CC2)cc1OC. The zero-order chi connectivity index (χ0) is 19.5. The van der Waals surface area contributed by atoms with Crippen LogP contribution in [0.1, 0.15) is 10.4 Å². The summed E-state index contributed by atoms with van der Waals surface area (Å²) in [6, 6.07) is 3.17. The van der Waals surface area contributed by atoms with Gasteiger partial charge in [0.05, 0.1) is 26.9 Å². The molecule has 1 aromatic carbocycles. The molecule has 0 aromatic heterocycles. The third-order valence-corrected chi connectivity index (χ3v) is 6.19. The molecule has 1 aliphatic rings. The van der Waals surface area contributed by atoms with Gasteiger partial charge in [0.2, 0.25) is 0 Å². The van der Waals surface area contributed by atoms with Crippen LogP contribution in [0.4, 0.5) is 0 Å². The number of rotatable bonds is 6. The van der Waals surface area contributed by atoms with Crippen molar-refractivity contribution in [2.75, 3.05) is 61.6 Å². The molecule has 1 fully saturated rings. The first-order valence-corrected chi connectivity index (χ1v) is 9.42. The second-order valence-corrected chi connectivity index (χ2v) is 8.03. The summed E-state index contributed by atoms with van der Waals surface area (Å²) in [6.45, 7) is 1.07. The molecule has 0 spiro atoms. The van der Waals surface area contributed by atoms with E-state index in [1.165, 1.54) is 44.0 Å². The van der Waals surface area contributed by atoms with Crippen molar-refractivity contribution in [2.45, 2.75) is 0 Å². The van der Waals surface area contributed by atoms with Gasteiger partial charge >= 0.3 is 0 Å².